The van der Waals surface area contributed by atoms with E-state index in [0.29, 0.717) is 5.92 Å². The Morgan fingerprint density at radius 2 is 2.22 bits per heavy atom. The quantitative estimate of drug-likeness (QED) is 0.530. The third-order valence-electron chi connectivity index (χ3n) is 2.11. The molecule has 1 aliphatic rings. The van der Waals surface area contributed by atoms with Crippen molar-refractivity contribution >= 4 is 0 Å². The number of hydrogen-bond acceptors (Lipinski definition) is 1. The second-order valence-corrected chi connectivity index (χ2v) is 2.95. The maximum atomic E-state index is 9.30. The summed E-state index contributed by atoms with van der Waals surface area (Å²) in [7, 11) is 0. The lowest BCUT2D eigenvalue weighted by Gasteiger charge is -2.12. The fourth-order valence-electron chi connectivity index (χ4n) is 1.52. The summed E-state index contributed by atoms with van der Waals surface area (Å²) < 4.78 is 0. The predicted molar refractivity (Wildman–Crippen MR) is 38.2 cm³/mol. The molecule has 1 rings (SSSR count). The second kappa shape index (κ2) is 2.53. The van der Waals surface area contributed by atoms with E-state index in [4.69, 9.17) is 0 Å². The van der Waals surface area contributed by atoms with Crippen molar-refractivity contribution in [3.8, 4) is 0 Å². The molecule has 0 heterocycles. The normalized spacial score (nSPS) is 34.9. The largest absolute Gasteiger partial charge is 0.393 e. The number of aliphatic hydroxyl groups excluding tert-OH is 1. The lowest BCUT2D eigenvalue weighted by Crippen LogP contribution is -2.13. The molecule has 0 bridgehead atoms. The van der Waals surface area contributed by atoms with Crippen molar-refractivity contribution in [2.24, 2.45) is 5.92 Å². The van der Waals surface area contributed by atoms with Crippen molar-refractivity contribution < 1.29 is 5.11 Å². The van der Waals surface area contributed by atoms with Crippen LogP contribution in [0.5, 0.6) is 0 Å². The summed E-state index contributed by atoms with van der Waals surface area (Å²) in [4.78, 5) is 0. The average Bonchev–Trinajstić information content (AvgIpc) is 2.13. The molecule has 0 amide bonds. The number of rotatable bonds is 1. The van der Waals surface area contributed by atoms with Gasteiger partial charge in [-0.05, 0) is 19.8 Å². The Morgan fingerprint density at radius 3 is 2.44 bits per heavy atom. The monoisotopic (exact) mass is 126 g/mol. The van der Waals surface area contributed by atoms with Crippen molar-refractivity contribution in [3.05, 3.63) is 12.2 Å². The van der Waals surface area contributed by atoms with Crippen molar-refractivity contribution in [2.75, 3.05) is 0 Å². The maximum Gasteiger partial charge on any atom is 0.0605 e. The fourth-order valence-corrected chi connectivity index (χ4v) is 1.52. The van der Waals surface area contributed by atoms with Crippen LogP contribution in [0, 0.1) is 5.92 Å². The highest BCUT2D eigenvalue weighted by atomic mass is 16.3. The Balaban J connectivity index is 2.49. The van der Waals surface area contributed by atoms with Crippen molar-refractivity contribution in [2.45, 2.75) is 32.3 Å². The van der Waals surface area contributed by atoms with Gasteiger partial charge < -0.3 is 5.11 Å². The van der Waals surface area contributed by atoms with Crippen molar-refractivity contribution in [1.29, 1.82) is 0 Å². The zero-order valence-electron chi connectivity index (χ0n) is 5.93. The molecule has 0 aromatic carbocycles. The van der Waals surface area contributed by atoms with E-state index < -0.39 is 0 Å². The smallest absolute Gasteiger partial charge is 0.0605 e. The van der Waals surface area contributed by atoms with Crippen LogP contribution >= 0.6 is 0 Å². The van der Waals surface area contributed by atoms with Gasteiger partial charge in [-0.2, -0.15) is 0 Å². The first-order chi connectivity index (χ1) is 4.22. The van der Waals surface area contributed by atoms with Crippen molar-refractivity contribution in [3.63, 3.8) is 0 Å². The summed E-state index contributed by atoms with van der Waals surface area (Å²) in [6.07, 6.45) is 3.18. The molecule has 0 aromatic rings. The van der Waals surface area contributed by atoms with Crippen LogP contribution in [0.2, 0.25) is 0 Å². The van der Waals surface area contributed by atoms with Gasteiger partial charge in [0.1, 0.15) is 0 Å². The molecular weight excluding hydrogens is 112 g/mol. The summed E-state index contributed by atoms with van der Waals surface area (Å²) in [6.45, 7) is 5.83. The van der Waals surface area contributed by atoms with E-state index in [9.17, 15) is 5.11 Å². The van der Waals surface area contributed by atoms with Crippen LogP contribution in [0.3, 0.4) is 0 Å². The zero-order valence-corrected chi connectivity index (χ0v) is 5.93. The predicted octanol–water partition coefficient (Wildman–Crippen LogP) is 1.72. The van der Waals surface area contributed by atoms with E-state index >= 15 is 0 Å². The van der Waals surface area contributed by atoms with Crippen LogP contribution in [0.15, 0.2) is 12.2 Å². The summed E-state index contributed by atoms with van der Waals surface area (Å²) >= 11 is 0. The third kappa shape index (κ3) is 1.33. The molecule has 1 heteroatoms. The topological polar surface area (TPSA) is 20.2 Å². The first-order valence-corrected chi connectivity index (χ1v) is 3.55. The fraction of sp³-hybridized carbons (Fsp3) is 0.750. The van der Waals surface area contributed by atoms with Gasteiger partial charge in [-0.15, -0.1) is 0 Å². The highest BCUT2D eigenvalue weighted by Gasteiger charge is 2.24. The average molecular weight is 126 g/mol. The van der Waals surface area contributed by atoms with E-state index in [1.807, 2.05) is 6.92 Å². The third-order valence-corrected chi connectivity index (χ3v) is 2.11. The van der Waals surface area contributed by atoms with Crippen LogP contribution in [-0.4, -0.2) is 11.2 Å². The summed E-state index contributed by atoms with van der Waals surface area (Å²) in [5.41, 5.74) is 1.14. The van der Waals surface area contributed by atoms with Crippen LogP contribution in [0.4, 0.5) is 0 Å². The molecule has 1 aliphatic carbocycles. The van der Waals surface area contributed by atoms with Crippen LogP contribution < -0.4 is 0 Å². The van der Waals surface area contributed by atoms with Crippen molar-refractivity contribution in [1.82, 2.24) is 0 Å². The molecule has 9 heavy (non-hydrogen) atoms. The van der Waals surface area contributed by atoms with E-state index in [1.54, 1.807) is 0 Å². The Morgan fingerprint density at radius 1 is 1.56 bits per heavy atom. The SMILES string of the molecule is C=C(C)[C@@H]1CCC[C@H]1O. The first kappa shape index (κ1) is 6.81. The van der Waals surface area contributed by atoms with E-state index in [2.05, 4.69) is 6.58 Å². The lowest BCUT2D eigenvalue weighted by molar-refractivity contribution is 0.148. The number of aliphatic hydroxyl groups is 1. The maximum absolute atomic E-state index is 9.30. The van der Waals surface area contributed by atoms with Crippen LogP contribution in [0.25, 0.3) is 0 Å². The Labute approximate surface area is 56.4 Å². The molecule has 1 fully saturated rings. The van der Waals surface area contributed by atoms with Gasteiger partial charge in [-0.25, -0.2) is 0 Å². The molecule has 2 atom stereocenters. The van der Waals surface area contributed by atoms with Gasteiger partial charge in [0.15, 0.2) is 0 Å². The van der Waals surface area contributed by atoms with Gasteiger partial charge in [0, 0.05) is 5.92 Å². The molecule has 0 saturated heterocycles. The molecule has 0 aromatic heterocycles. The Kier molecular flexibility index (Phi) is 1.91. The van der Waals surface area contributed by atoms with E-state index in [0.717, 1.165) is 18.4 Å². The van der Waals surface area contributed by atoms with Gasteiger partial charge >= 0.3 is 0 Å². The molecule has 0 aliphatic heterocycles. The molecule has 1 nitrogen and oxygen atoms in total. The first-order valence-electron chi connectivity index (χ1n) is 3.55. The zero-order chi connectivity index (χ0) is 6.85. The van der Waals surface area contributed by atoms with Gasteiger partial charge in [-0.1, -0.05) is 18.6 Å². The highest BCUT2D eigenvalue weighted by molar-refractivity contribution is 5.01. The van der Waals surface area contributed by atoms with Gasteiger partial charge in [-0.3, -0.25) is 0 Å². The van der Waals surface area contributed by atoms with E-state index in [-0.39, 0.29) is 6.10 Å². The Bertz CT molecular complexity index is 118. The molecule has 0 spiro atoms. The summed E-state index contributed by atoms with van der Waals surface area (Å²) in [6, 6.07) is 0. The minimum atomic E-state index is -0.0949. The summed E-state index contributed by atoms with van der Waals surface area (Å²) in [5.74, 6) is 0.394. The van der Waals surface area contributed by atoms with Crippen LogP contribution in [0.1, 0.15) is 26.2 Å². The van der Waals surface area contributed by atoms with Gasteiger partial charge in [0.25, 0.3) is 0 Å². The molecule has 0 unspecified atom stereocenters. The minimum Gasteiger partial charge on any atom is -0.393 e. The standard InChI is InChI=1S/C8H14O/c1-6(2)7-4-3-5-8(7)9/h7-9H,1,3-5H2,2H3/t7-,8+/m0/s1. The minimum absolute atomic E-state index is 0.0949. The number of hydrogen-bond donors (Lipinski definition) is 1. The molecule has 1 N–H and O–H groups in total. The second-order valence-electron chi connectivity index (χ2n) is 2.95. The molecule has 0 radical (unpaired) electrons. The summed E-state index contributed by atoms with van der Waals surface area (Å²) in [5, 5.41) is 9.30. The molecule has 52 valence electrons. The molecule has 1 saturated carbocycles. The molecular formula is C8H14O. The van der Waals surface area contributed by atoms with Crippen LogP contribution in [-0.2, 0) is 0 Å². The lowest BCUT2D eigenvalue weighted by atomic mass is 9.99. The van der Waals surface area contributed by atoms with E-state index in [1.165, 1.54) is 6.42 Å². The van der Waals surface area contributed by atoms with Gasteiger partial charge in [0.05, 0.1) is 6.10 Å². The Hall–Kier alpha value is -0.300. The highest BCUT2D eigenvalue weighted by Crippen LogP contribution is 2.30. The van der Waals surface area contributed by atoms with Gasteiger partial charge in [0.2, 0.25) is 0 Å².